The van der Waals surface area contributed by atoms with Gasteiger partial charge in [0.1, 0.15) is 0 Å². The Morgan fingerprint density at radius 2 is 2.11 bits per heavy atom. The Bertz CT molecular complexity index is 574. The van der Waals surface area contributed by atoms with E-state index in [-0.39, 0.29) is 10.8 Å². The third kappa shape index (κ3) is 3.15. The lowest BCUT2D eigenvalue weighted by molar-refractivity contribution is 0.610. The van der Waals surface area contributed by atoms with Gasteiger partial charge < -0.3 is 10.6 Å². The molecule has 1 aromatic heterocycles. The van der Waals surface area contributed by atoms with Crippen LogP contribution in [-0.4, -0.2) is 11.5 Å². The van der Waals surface area contributed by atoms with Crippen LogP contribution >= 0.6 is 11.6 Å². The van der Waals surface area contributed by atoms with Crippen LogP contribution < -0.4 is 10.6 Å². The number of hydrogen-bond donors (Lipinski definition) is 1. The first-order valence-electron chi connectivity index (χ1n) is 6.01. The van der Waals surface area contributed by atoms with E-state index in [1.807, 2.05) is 36.1 Å². The van der Waals surface area contributed by atoms with E-state index in [1.165, 1.54) is 12.3 Å². The Hall–Kier alpha value is -1.81. The first-order valence-corrected chi connectivity index (χ1v) is 6.39. The number of hydrogen-bond acceptors (Lipinski definition) is 3. The van der Waals surface area contributed by atoms with Crippen molar-refractivity contribution in [3.05, 3.63) is 52.9 Å². The predicted octanol–water partition coefficient (Wildman–Crippen LogP) is 3.48. The molecule has 0 aliphatic heterocycles. The lowest BCUT2D eigenvalue weighted by atomic mass is 10.1. The van der Waals surface area contributed by atoms with Crippen molar-refractivity contribution in [1.82, 2.24) is 4.98 Å². The number of nitrogens with zero attached hydrogens (tertiary/aromatic N) is 2. The van der Waals surface area contributed by atoms with Crippen molar-refractivity contribution in [2.45, 2.75) is 13.5 Å². The number of aromatic nitrogens is 1. The van der Waals surface area contributed by atoms with Gasteiger partial charge >= 0.3 is 0 Å². The Morgan fingerprint density at radius 1 is 1.37 bits per heavy atom. The minimum Gasteiger partial charge on any atom is -0.398 e. The number of nitrogen functional groups attached to an aromatic ring is 1. The van der Waals surface area contributed by atoms with Crippen LogP contribution in [0.1, 0.15) is 12.5 Å². The summed E-state index contributed by atoms with van der Waals surface area (Å²) in [7, 11) is 0. The monoisotopic (exact) mass is 279 g/mol. The Morgan fingerprint density at radius 3 is 2.74 bits per heavy atom. The second kappa shape index (κ2) is 5.89. The summed E-state index contributed by atoms with van der Waals surface area (Å²) in [6.45, 7) is 3.07. The molecular weight excluding hydrogens is 265 g/mol. The molecule has 0 unspecified atom stereocenters. The minimum atomic E-state index is -0.427. The van der Waals surface area contributed by atoms with E-state index in [1.54, 1.807) is 0 Å². The summed E-state index contributed by atoms with van der Waals surface area (Å²) < 4.78 is 13.9. The molecule has 2 rings (SSSR count). The van der Waals surface area contributed by atoms with Gasteiger partial charge in [0.25, 0.3) is 0 Å². The highest BCUT2D eigenvalue weighted by molar-refractivity contribution is 6.30. The first-order chi connectivity index (χ1) is 9.11. The summed E-state index contributed by atoms with van der Waals surface area (Å²) in [6, 6.07) is 8.79. The molecular formula is C14H15ClFN3. The van der Waals surface area contributed by atoms with Crippen LogP contribution in [-0.2, 0) is 6.54 Å². The van der Waals surface area contributed by atoms with Crippen LogP contribution in [0.3, 0.4) is 0 Å². The van der Waals surface area contributed by atoms with Crippen LogP contribution in [0.2, 0.25) is 5.02 Å². The van der Waals surface area contributed by atoms with E-state index in [0.717, 1.165) is 5.56 Å². The van der Waals surface area contributed by atoms with Crippen molar-refractivity contribution in [2.24, 2.45) is 0 Å². The van der Waals surface area contributed by atoms with E-state index in [0.29, 0.717) is 18.8 Å². The average Bonchev–Trinajstić information content (AvgIpc) is 2.39. The molecule has 0 spiro atoms. The predicted molar refractivity (Wildman–Crippen MR) is 76.8 cm³/mol. The normalized spacial score (nSPS) is 10.5. The van der Waals surface area contributed by atoms with Crippen LogP contribution in [0.25, 0.3) is 0 Å². The smallest absolute Gasteiger partial charge is 0.167 e. The molecule has 0 aliphatic carbocycles. The zero-order valence-corrected chi connectivity index (χ0v) is 11.4. The maximum atomic E-state index is 13.9. The lowest BCUT2D eigenvalue weighted by Gasteiger charge is -2.23. The molecule has 0 saturated heterocycles. The largest absolute Gasteiger partial charge is 0.398 e. The summed E-state index contributed by atoms with van der Waals surface area (Å²) >= 11 is 5.71. The van der Waals surface area contributed by atoms with Crippen molar-refractivity contribution in [3.63, 3.8) is 0 Å². The molecule has 5 heteroatoms. The summed E-state index contributed by atoms with van der Waals surface area (Å²) in [5, 5.41) is 0.288. The molecule has 0 amide bonds. The van der Waals surface area contributed by atoms with Gasteiger partial charge in [-0.25, -0.2) is 9.37 Å². The molecule has 1 heterocycles. The SMILES string of the molecule is CCN(Cc1ccccc1N)c1ncc(Cl)cc1F. The van der Waals surface area contributed by atoms with E-state index in [9.17, 15) is 4.39 Å². The molecule has 2 aromatic rings. The van der Waals surface area contributed by atoms with Gasteiger partial charge in [-0.3, -0.25) is 0 Å². The van der Waals surface area contributed by atoms with E-state index in [2.05, 4.69) is 4.98 Å². The second-order valence-electron chi connectivity index (χ2n) is 4.17. The van der Waals surface area contributed by atoms with Gasteiger partial charge in [-0.15, -0.1) is 0 Å². The van der Waals surface area contributed by atoms with Crippen molar-refractivity contribution in [2.75, 3.05) is 17.2 Å². The van der Waals surface area contributed by atoms with Crippen LogP contribution in [0.5, 0.6) is 0 Å². The summed E-state index contributed by atoms with van der Waals surface area (Å²) in [5.41, 5.74) is 7.54. The zero-order valence-electron chi connectivity index (χ0n) is 10.6. The van der Waals surface area contributed by atoms with Gasteiger partial charge in [-0.2, -0.15) is 0 Å². The summed E-state index contributed by atoms with van der Waals surface area (Å²) in [6.07, 6.45) is 1.44. The molecule has 0 radical (unpaired) electrons. The van der Waals surface area contributed by atoms with E-state index in [4.69, 9.17) is 17.3 Å². The maximum Gasteiger partial charge on any atom is 0.167 e. The van der Waals surface area contributed by atoms with Gasteiger partial charge in [-0.1, -0.05) is 29.8 Å². The topological polar surface area (TPSA) is 42.1 Å². The fourth-order valence-corrected chi connectivity index (χ4v) is 2.00. The molecule has 2 N–H and O–H groups in total. The van der Waals surface area contributed by atoms with Crippen LogP contribution in [0, 0.1) is 5.82 Å². The van der Waals surface area contributed by atoms with Crippen molar-refractivity contribution < 1.29 is 4.39 Å². The number of anilines is 2. The molecule has 0 fully saturated rings. The first kappa shape index (κ1) is 13.6. The molecule has 0 atom stereocenters. The third-order valence-corrected chi connectivity index (χ3v) is 3.09. The van der Waals surface area contributed by atoms with Gasteiger partial charge in [-0.05, 0) is 24.6 Å². The fraction of sp³-hybridized carbons (Fsp3) is 0.214. The van der Waals surface area contributed by atoms with Gasteiger partial charge in [0, 0.05) is 25.0 Å². The molecule has 0 bridgehead atoms. The highest BCUT2D eigenvalue weighted by Crippen LogP contribution is 2.22. The lowest BCUT2D eigenvalue weighted by Crippen LogP contribution is -2.24. The highest BCUT2D eigenvalue weighted by atomic mass is 35.5. The van der Waals surface area contributed by atoms with Crippen LogP contribution in [0.4, 0.5) is 15.9 Å². The maximum absolute atomic E-state index is 13.9. The summed E-state index contributed by atoms with van der Waals surface area (Å²) in [4.78, 5) is 5.87. The average molecular weight is 280 g/mol. The number of pyridine rings is 1. The Kier molecular flexibility index (Phi) is 4.22. The summed E-state index contributed by atoms with van der Waals surface area (Å²) in [5.74, 6) is -0.140. The molecule has 0 saturated carbocycles. The number of nitrogens with two attached hydrogens (primary N) is 1. The zero-order chi connectivity index (χ0) is 13.8. The van der Waals surface area contributed by atoms with Gasteiger partial charge in [0.05, 0.1) is 5.02 Å². The molecule has 100 valence electrons. The fourth-order valence-electron chi connectivity index (χ4n) is 1.86. The number of rotatable bonds is 4. The Labute approximate surface area is 116 Å². The van der Waals surface area contributed by atoms with Crippen molar-refractivity contribution in [1.29, 1.82) is 0 Å². The number of benzene rings is 1. The van der Waals surface area contributed by atoms with Gasteiger partial charge in [0.2, 0.25) is 0 Å². The van der Waals surface area contributed by atoms with E-state index < -0.39 is 5.82 Å². The van der Waals surface area contributed by atoms with Crippen molar-refractivity contribution in [3.8, 4) is 0 Å². The minimum absolute atomic E-state index is 0.287. The van der Waals surface area contributed by atoms with Crippen LogP contribution in [0.15, 0.2) is 36.5 Å². The number of halogens is 2. The quantitative estimate of drug-likeness (QED) is 0.871. The molecule has 19 heavy (non-hydrogen) atoms. The van der Waals surface area contributed by atoms with E-state index >= 15 is 0 Å². The van der Waals surface area contributed by atoms with Crippen molar-refractivity contribution >= 4 is 23.1 Å². The second-order valence-corrected chi connectivity index (χ2v) is 4.61. The highest BCUT2D eigenvalue weighted by Gasteiger charge is 2.13. The molecule has 1 aromatic carbocycles. The third-order valence-electron chi connectivity index (χ3n) is 2.89. The standard InChI is InChI=1S/C14H15ClFN3/c1-2-19(9-10-5-3-4-6-13(10)17)14-12(16)7-11(15)8-18-14/h3-8H,2,9,17H2,1H3. The Balaban J connectivity index is 2.28. The van der Waals surface area contributed by atoms with Gasteiger partial charge in [0.15, 0.2) is 11.6 Å². The molecule has 0 aliphatic rings. The number of para-hydroxylation sites is 1. The molecule has 3 nitrogen and oxygen atoms in total.